The fourth-order valence-electron chi connectivity index (χ4n) is 2.21. The molecule has 0 bridgehead atoms. The second kappa shape index (κ2) is 5.83. The lowest BCUT2D eigenvalue weighted by Gasteiger charge is -2.31. The second-order valence-corrected chi connectivity index (χ2v) is 4.86. The standard InChI is InChI=1S/C12H25NO2/c1-4-12(14,5-2)10-13(3)8-11-6-7-15-9-11/h11,14H,4-10H2,1-3H3. The van der Waals surface area contributed by atoms with Gasteiger partial charge in [0.2, 0.25) is 0 Å². The van der Waals surface area contributed by atoms with Gasteiger partial charge in [0.05, 0.1) is 12.2 Å². The molecule has 1 atom stereocenters. The highest BCUT2D eigenvalue weighted by atomic mass is 16.5. The van der Waals surface area contributed by atoms with Crippen molar-refractivity contribution in [3.8, 4) is 0 Å². The van der Waals surface area contributed by atoms with Crippen molar-refractivity contribution in [2.75, 3.05) is 33.4 Å². The maximum atomic E-state index is 10.2. The summed E-state index contributed by atoms with van der Waals surface area (Å²) in [4.78, 5) is 2.24. The van der Waals surface area contributed by atoms with E-state index in [4.69, 9.17) is 4.74 Å². The largest absolute Gasteiger partial charge is 0.389 e. The van der Waals surface area contributed by atoms with Gasteiger partial charge in [0.25, 0.3) is 0 Å². The van der Waals surface area contributed by atoms with E-state index < -0.39 is 5.60 Å². The van der Waals surface area contributed by atoms with Gasteiger partial charge in [0.15, 0.2) is 0 Å². The average Bonchev–Trinajstić information content (AvgIpc) is 2.70. The maximum Gasteiger partial charge on any atom is 0.0768 e. The lowest BCUT2D eigenvalue weighted by molar-refractivity contribution is -0.000361. The normalized spacial score (nSPS) is 22.6. The molecule has 0 spiro atoms. The fraction of sp³-hybridized carbons (Fsp3) is 1.00. The van der Waals surface area contributed by atoms with Gasteiger partial charge < -0.3 is 14.7 Å². The topological polar surface area (TPSA) is 32.7 Å². The summed E-state index contributed by atoms with van der Waals surface area (Å²) < 4.78 is 5.35. The zero-order valence-electron chi connectivity index (χ0n) is 10.3. The van der Waals surface area contributed by atoms with E-state index in [1.807, 2.05) is 0 Å². The number of nitrogens with zero attached hydrogens (tertiary/aromatic N) is 1. The number of ether oxygens (including phenoxy) is 1. The van der Waals surface area contributed by atoms with Crippen LogP contribution in [0.4, 0.5) is 0 Å². The minimum atomic E-state index is -0.506. The Kier molecular flexibility index (Phi) is 5.03. The van der Waals surface area contributed by atoms with E-state index in [1.54, 1.807) is 0 Å². The van der Waals surface area contributed by atoms with Gasteiger partial charge in [-0.3, -0.25) is 0 Å². The quantitative estimate of drug-likeness (QED) is 0.729. The molecular weight excluding hydrogens is 190 g/mol. The first kappa shape index (κ1) is 12.9. The van der Waals surface area contributed by atoms with Crippen LogP contribution in [-0.4, -0.2) is 49.0 Å². The molecule has 1 saturated heterocycles. The number of aliphatic hydroxyl groups is 1. The van der Waals surface area contributed by atoms with E-state index >= 15 is 0 Å². The Bertz CT molecular complexity index is 174. The summed E-state index contributed by atoms with van der Waals surface area (Å²) in [5.41, 5.74) is -0.506. The number of rotatable bonds is 6. The molecule has 15 heavy (non-hydrogen) atoms. The van der Waals surface area contributed by atoms with Crippen LogP contribution in [0.1, 0.15) is 33.1 Å². The molecule has 3 heteroatoms. The van der Waals surface area contributed by atoms with Gasteiger partial charge >= 0.3 is 0 Å². The molecule has 1 unspecified atom stereocenters. The Labute approximate surface area is 93.4 Å². The third-order valence-electron chi connectivity index (χ3n) is 3.47. The molecule has 1 N–H and O–H groups in total. The molecule has 0 saturated carbocycles. The molecule has 0 aliphatic carbocycles. The minimum absolute atomic E-state index is 0.506. The number of likely N-dealkylation sites (N-methyl/N-ethyl adjacent to an activating group) is 1. The van der Waals surface area contributed by atoms with Crippen LogP contribution < -0.4 is 0 Å². The van der Waals surface area contributed by atoms with Crippen molar-refractivity contribution in [1.82, 2.24) is 4.90 Å². The lowest BCUT2D eigenvalue weighted by Crippen LogP contribution is -2.42. The first-order chi connectivity index (χ1) is 7.09. The minimum Gasteiger partial charge on any atom is -0.389 e. The molecule has 0 aromatic heterocycles. The summed E-state index contributed by atoms with van der Waals surface area (Å²) >= 11 is 0. The van der Waals surface area contributed by atoms with Crippen LogP contribution in [0.25, 0.3) is 0 Å². The van der Waals surface area contributed by atoms with Crippen molar-refractivity contribution < 1.29 is 9.84 Å². The summed E-state index contributed by atoms with van der Waals surface area (Å²) in [6.45, 7) is 7.72. The molecule has 1 heterocycles. The SMILES string of the molecule is CCC(O)(CC)CN(C)CC1CCOC1. The zero-order valence-corrected chi connectivity index (χ0v) is 10.3. The maximum absolute atomic E-state index is 10.2. The van der Waals surface area contributed by atoms with E-state index in [1.165, 1.54) is 6.42 Å². The Balaban J connectivity index is 2.30. The van der Waals surface area contributed by atoms with Gasteiger partial charge in [-0.25, -0.2) is 0 Å². The Morgan fingerprint density at radius 1 is 1.40 bits per heavy atom. The van der Waals surface area contributed by atoms with Crippen molar-refractivity contribution in [3.05, 3.63) is 0 Å². The fourth-order valence-corrected chi connectivity index (χ4v) is 2.21. The molecule has 90 valence electrons. The summed E-state index contributed by atoms with van der Waals surface area (Å²) in [5, 5.41) is 10.2. The average molecular weight is 215 g/mol. The predicted molar refractivity (Wildman–Crippen MR) is 62.0 cm³/mol. The molecule has 3 nitrogen and oxygen atoms in total. The summed E-state index contributed by atoms with van der Waals surface area (Å²) in [5.74, 6) is 0.660. The zero-order chi connectivity index (χ0) is 11.3. The number of hydrogen-bond donors (Lipinski definition) is 1. The molecule has 1 aliphatic rings. The molecule has 1 fully saturated rings. The summed E-state index contributed by atoms with van der Waals surface area (Å²) in [6, 6.07) is 0. The molecule has 0 radical (unpaired) electrons. The van der Waals surface area contributed by atoms with E-state index in [9.17, 15) is 5.11 Å². The van der Waals surface area contributed by atoms with E-state index in [-0.39, 0.29) is 0 Å². The first-order valence-electron chi connectivity index (χ1n) is 6.08. The Hall–Kier alpha value is -0.120. The summed E-state index contributed by atoms with van der Waals surface area (Å²) in [6.07, 6.45) is 2.82. The lowest BCUT2D eigenvalue weighted by atomic mass is 9.96. The van der Waals surface area contributed by atoms with Gasteiger partial charge in [0, 0.05) is 19.7 Å². The van der Waals surface area contributed by atoms with Crippen LogP contribution in [0, 0.1) is 5.92 Å². The van der Waals surface area contributed by atoms with Crippen LogP contribution in [0.3, 0.4) is 0 Å². The Morgan fingerprint density at radius 2 is 2.07 bits per heavy atom. The highest BCUT2D eigenvalue weighted by Crippen LogP contribution is 2.18. The smallest absolute Gasteiger partial charge is 0.0768 e. The molecule has 1 aliphatic heterocycles. The molecule has 0 amide bonds. The van der Waals surface area contributed by atoms with Crippen molar-refractivity contribution in [1.29, 1.82) is 0 Å². The van der Waals surface area contributed by atoms with E-state index in [0.29, 0.717) is 5.92 Å². The molecule has 0 aromatic carbocycles. The second-order valence-electron chi connectivity index (χ2n) is 4.86. The molecular formula is C12H25NO2. The highest BCUT2D eigenvalue weighted by Gasteiger charge is 2.26. The van der Waals surface area contributed by atoms with Gasteiger partial charge in [-0.15, -0.1) is 0 Å². The van der Waals surface area contributed by atoms with E-state index in [0.717, 1.165) is 39.1 Å². The van der Waals surface area contributed by atoms with Crippen molar-refractivity contribution in [2.45, 2.75) is 38.7 Å². The van der Waals surface area contributed by atoms with Crippen molar-refractivity contribution in [3.63, 3.8) is 0 Å². The molecule has 1 rings (SSSR count). The first-order valence-corrected chi connectivity index (χ1v) is 6.08. The van der Waals surface area contributed by atoms with Crippen molar-refractivity contribution >= 4 is 0 Å². The third kappa shape index (κ3) is 4.09. The molecule has 0 aromatic rings. The van der Waals surface area contributed by atoms with E-state index in [2.05, 4.69) is 25.8 Å². The van der Waals surface area contributed by atoms with Gasteiger partial charge in [-0.05, 0) is 32.2 Å². The monoisotopic (exact) mass is 215 g/mol. The predicted octanol–water partition coefficient (Wildman–Crippen LogP) is 1.51. The third-order valence-corrected chi connectivity index (χ3v) is 3.47. The van der Waals surface area contributed by atoms with Crippen LogP contribution in [0.15, 0.2) is 0 Å². The number of hydrogen-bond acceptors (Lipinski definition) is 3. The summed E-state index contributed by atoms with van der Waals surface area (Å²) in [7, 11) is 2.09. The highest BCUT2D eigenvalue weighted by molar-refractivity contribution is 4.79. The van der Waals surface area contributed by atoms with Gasteiger partial charge in [-0.2, -0.15) is 0 Å². The van der Waals surface area contributed by atoms with Crippen LogP contribution in [0.2, 0.25) is 0 Å². The van der Waals surface area contributed by atoms with Crippen LogP contribution >= 0.6 is 0 Å². The van der Waals surface area contributed by atoms with Crippen molar-refractivity contribution in [2.24, 2.45) is 5.92 Å². The van der Waals surface area contributed by atoms with Gasteiger partial charge in [0.1, 0.15) is 0 Å². The van der Waals surface area contributed by atoms with Crippen LogP contribution in [-0.2, 0) is 4.74 Å². The van der Waals surface area contributed by atoms with Crippen LogP contribution in [0.5, 0.6) is 0 Å². The Morgan fingerprint density at radius 3 is 2.53 bits per heavy atom. The van der Waals surface area contributed by atoms with Gasteiger partial charge in [-0.1, -0.05) is 13.8 Å².